The molecule has 33 heavy (non-hydrogen) atoms. The summed E-state index contributed by atoms with van der Waals surface area (Å²) >= 11 is 1.06. The first-order chi connectivity index (χ1) is 16.0. The molecule has 0 aromatic carbocycles. The highest BCUT2D eigenvalue weighted by Gasteiger charge is 2.57. The number of carbonyl (C=O) groups is 1. The highest BCUT2D eigenvalue weighted by atomic mass is 32.1. The zero-order valence-electron chi connectivity index (χ0n) is 18.0. The monoisotopic (exact) mass is 470 g/mol. The van der Waals surface area contributed by atoms with Crippen molar-refractivity contribution in [2.75, 3.05) is 29.9 Å². The average molecular weight is 471 g/mol. The Morgan fingerprint density at radius 1 is 1.36 bits per heavy atom. The molecule has 2 N–H and O–H groups in total. The van der Waals surface area contributed by atoms with Crippen LogP contribution in [0.15, 0.2) is 30.6 Å². The van der Waals surface area contributed by atoms with Crippen molar-refractivity contribution in [2.45, 2.75) is 32.4 Å². The molecule has 3 aromatic heterocycles. The van der Waals surface area contributed by atoms with E-state index in [4.69, 9.17) is 4.74 Å². The topological polar surface area (TPSA) is 113 Å². The summed E-state index contributed by atoms with van der Waals surface area (Å²) in [5, 5.41) is 13.2. The molecule has 0 radical (unpaired) electrons. The van der Waals surface area contributed by atoms with E-state index in [0.29, 0.717) is 33.9 Å². The maximum atomic E-state index is 15.0. The van der Waals surface area contributed by atoms with Crippen LogP contribution in [0.25, 0.3) is 10.6 Å². The lowest BCUT2D eigenvalue weighted by Crippen LogP contribution is -2.22. The second-order valence-electron chi connectivity index (χ2n) is 8.20. The van der Waals surface area contributed by atoms with Crippen LogP contribution in [0.3, 0.4) is 0 Å². The van der Waals surface area contributed by atoms with Gasteiger partial charge in [0.25, 0.3) is 0 Å². The number of aromatic nitrogens is 4. The summed E-state index contributed by atoms with van der Waals surface area (Å²) < 4.78 is 20.2. The van der Waals surface area contributed by atoms with Crippen LogP contribution in [0.5, 0.6) is 0 Å². The molecule has 1 saturated carbocycles. The second kappa shape index (κ2) is 8.64. The molecule has 172 valence electrons. The number of aliphatic hydroxyl groups excluding tert-OH is 1. The van der Waals surface area contributed by atoms with E-state index in [1.165, 1.54) is 0 Å². The Morgan fingerprint density at radius 3 is 2.82 bits per heavy atom. The van der Waals surface area contributed by atoms with Crippen LogP contribution in [0, 0.1) is 11.4 Å². The van der Waals surface area contributed by atoms with E-state index in [0.717, 1.165) is 30.7 Å². The standard InChI is InChI=1S/C22H23FN6O3S/c1-2-32-20(31)17-14(11-26-21-24-7-3-8-25-21)27-19(33-17)13-4-5-16(28-18(13)23)29-9-6-22(12-29)10-15(22)30/h3-5,7-8,15,30H,2,6,9-12H2,1H3,(H,24,25,26). The van der Waals surface area contributed by atoms with Crippen LogP contribution in [0.1, 0.15) is 35.1 Å². The van der Waals surface area contributed by atoms with E-state index in [1.54, 1.807) is 37.5 Å². The van der Waals surface area contributed by atoms with Crippen molar-refractivity contribution in [1.82, 2.24) is 19.9 Å². The van der Waals surface area contributed by atoms with Crippen LogP contribution >= 0.6 is 11.3 Å². The first-order valence-electron chi connectivity index (χ1n) is 10.8. The maximum Gasteiger partial charge on any atom is 0.350 e. The largest absolute Gasteiger partial charge is 0.462 e. The van der Waals surface area contributed by atoms with Crippen molar-refractivity contribution in [3.8, 4) is 10.6 Å². The Kier molecular flexibility index (Phi) is 5.67. The predicted octanol–water partition coefficient (Wildman–Crippen LogP) is 2.88. The van der Waals surface area contributed by atoms with Gasteiger partial charge in [-0.1, -0.05) is 0 Å². The number of halogens is 1. The highest BCUT2D eigenvalue weighted by Crippen LogP contribution is 2.53. The third-order valence-corrected chi connectivity index (χ3v) is 7.17. The molecule has 9 nitrogen and oxygen atoms in total. The zero-order valence-corrected chi connectivity index (χ0v) is 18.8. The summed E-state index contributed by atoms with van der Waals surface area (Å²) in [7, 11) is 0. The van der Waals surface area contributed by atoms with Gasteiger partial charge < -0.3 is 20.1 Å². The number of esters is 1. The van der Waals surface area contributed by atoms with Crippen molar-refractivity contribution in [3.05, 3.63) is 47.1 Å². The number of nitrogens with zero attached hydrogens (tertiary/aromatic N) is 5. The van der Waals surface area contributed by atoms with Gasteiger partial charge in [0, 0.05) is 30.9 Å². The molecule has 4 heterocycles. The van der Waals surface area contributed by atoms with Gasteiger partial charge in [-0.15, -0.1) is 11.3 Å². The third kappa shape index (κ3) is 4.25. The fourth-order valence-corrected chi connectivity index (χ4v) is 5.10. The molecule has 11 heteroatoms. The molecule has 2 fully saturated rings. The number of rotatable bonds is 7. The van der Waals surface area contributed by atoms with Gasteiger partial charge in [0.05, 0.1) is 30.5 Å². The predicted molar refractivity (Wildman–Crippen MR) is 121 cm³/mol. The maximum absolute atomic E-state index is 15.0. The molecule has 1 spiro atoms. The number of pyridine rings is 1. The van der Waals surface area contributed by atoms with Crippen LogP contribution in [-0.4, -0.2) is 56.8 Å². The molecule has 2 unspecified atom stereocenters. The van der Waals surface area contributed by atoms with Gasteiger partial charge in [0.2, 0.25) is 11.9 Å². The summed E-state index contributed by atoms with van der Waals surface area (Å²) in [6.07, 6.45) is 4.61. The molecular weight excluding hydrogens is 447 g/mol. The number of ether oxygens (including phenoxy) is 1. The summed E-state index contributed by atoms with van der Waals surface area (Å²) in [4.78, 5) is 31.6. The summed E-state index contributed by atoms with van der Waals surface area (Å²) in [5.74, 6) is -0.233. The van der Waals surface area contributed by atoms with Gasteiger partial charge >= 0.3 is 5.97 Å². The lowest BCUT2D eigenvalue weighted by atomic mass is 10.1. The quantitative estimate of drug-likeness (QED) is 0.397. The van der Waals surface area contributed by atoms with Crippen LogP contribution in [0.2, 0.25) is 0 Å². The molecule has 2 aliphatic rings. The van der Waals surface area contributed by atoms with Gasteiger partial charge in [0.15, 0.2) is 0 Å². The Hall–Kier alpha value is -3.18. The number of carbonyl (C=O) groups excluding carboxylic acids is 1. The third-order valence-electron chi connectivity index (χ3n) is 6.06. The lowest BCUT2D eigenvalue weighted by molar-refractivity contribution is 0.0530. The molecule has 1 aliphatic heterocycles. The van der Waals surface area contributed by atoms with E-state index < -0.39 is 11.9 Å². The molecule has 1 aliphatic carbocycles. The molecule has 2 atom stereocenters. The number of hydrogen-bond donors (Lipinski definition) is 2. The highest BCUT2D eigenvalue weighted by molar-refractivity contribution is 7.17. The SMILES string of the molecule is CCOC(=O)c1sc(-c2ccc(N3CCC4(CC4O)C3)nc2F)nc1CNc1ncccn1. The Labute approximate surface area is 193 Å². The minimum atomic E-state index is -0.653. The fourth-order valence-electron chi connectivity index (χ4n) is 4.11. The number of anilines is 2. The minimum Gasteiger partial charge on any atom is -0.462 e. The number of thiazole rings is 1. The average Bonchev–Trinajstić information content (AvgIpc) is 3.15. The first-order valence-corrected chi connectivity index (χ1v) is 11.6. The van der Waals surface area contributed by atoms with Crippen molar-refractivity contribution in [2.24, 2.45) is 5.41 Å². The Morgan fingerprint density at radius 2 is 2.15 bits per heavy atom. The number of nitrogens with one attached hydrogen (secondary N) is 1. The minimum absolute atomic E-state index is 0.0506. The van der Waals surface area contributed by atoms with Crippen LogP contribution in [0.4, 0.5) is 16.2 Å². The van der Waals surface area contributed by atoms with E-state index in [9.17, 15) is 9.90 Å². The molecule has 0 amide bonds. The normalized spacial score (nSPS) is 21.4. The molecule has 5 rings (SSSR count). The van der Waals surface area contributed by atoms with E-state index in [2.05, 4.69) is 25.3 Å². The van der Waals surface area contributed by atoms with E-state index in [-0.39, 0.29) is 30.2 Å². The van der Waals surface area contributed by atoms with Gasteiger partial charge in [-0.2, -0.15) is 4.39 Å². The summed E-state index contributed by atoms with van der Waals surface area (Å²) in [6, 6.07) is 5.09. The Bertz CT molecular complexity index is 1180. The van der Waals surface area contributed by atoms with Crippen molar-refractivity contribution < 1.29 is 19.0 Å². The van der Waals surface area contributed by atoms with Crippen molar-refractivity contribution >= 4 is 29.1 Å². The Balaban J connectivity index is 1.39. The van der Waals surface area contributed by atoms with Gasteiger partial charge in [-0.05, 0) is 38.0 Å². The molecular formula is C22H23FN6O3S. The lowest BCUT2D eigenvalue weighted by Gasteiger charge is -2.17. The summed E-state index contributed by atoms with van der Waals surface area (Å²) in [5.41, 5.74) is 0.593. The van der Waals surface area contributed by atoms with Crippen LogP contribution < -0.4 is 10.2 Å². The summed E-state index contributed by atoms with van der Waals surface area (Å²) in [6.45, 7) is 3.55. The zero-order chi connectivity index (χ0) is 23.0. The fraction of sp³-hybridized carbons (Fsp3) is 0.409. The van der Waals surface area contributed by atoms with Gasteiger partial charge in [-0.25, -0.2) is 24.7 Å². The molecule has 1 saturated heterocycles. The van der Waals surface area contributed by atoms with Gasteiger partial charge in [0.1, 0.15) is 15.7 Å². The van der Waals surface area contributed by atoms with Crippen molar-refractivity contribution in [3.63, 3.8) is 0 Å². The van der Waals surface area contributed by atoms with Crippen molar-refractivity contribution in [1.29, 1.82) is 0 Å². The molecule has 3 aromatic rings. The first kappa shape index (κ1) is 21.7. The second-order valence-corrected chi connectivity index (χ2v) is 9.20. The number of hydrogen-bond acceptors (Lipinski definition) is 10. The number of aliphatic hydroxyl groups is 1. The van der Waals surface area contributed by atoms with Gasteiger partial charge in [-0.3, -0.25) is 0 Å². The van der Waals surface area contributed by atoms with Crippen LogP contribution in [-0.2, 0) is 11.3 Å². The smallest absolute Gasteiger partial charge is 0.350 e. The van der Waals surface area contributed by atoms with E-state index >= 15 is 4.39 Å². The molecule has 0 bridgehead atoms. The van der Waals surface area contributed by atoms with E-state index in [1.807, 2.05) is 4.90 Å².